The SMILES string of the molecule is OC1CCCC[N-]1.[CH3-].[CH3-].[CH3-].[CH3-].[CH3-].[CH3-].[Rh+3].[Rh]. The molecule has 1 atom stereocenters. The Kier molecular flexibility index (Phi) is 135. The Hall–Kier alpha value is 1.17. The van der Waals surface area contributed by atoms with E-state index in [1.54, 1.807) is 0 Å². The van der Waals surface area contributed by atoms with Gasteiger partial charge in [-0.15, -0.1) is 6.54 Å². The fraction of sp³-hybridized carbons (Fsp3) is 0.455. The number of hydrogen-bond acceptors (Lipinski definition) is 1. The molecule has 15 heavy (non-hydrogen) atoms. The first kappa shape index (κ1) is 55.8. The minimum absolute atomic E-state index is 0. The van der Waals surface area contributed by atoms with Crippen molar-refractivity contribution in [1.82, 2.24) is 0 Å². The van der Waals surface area contributed by atoms with Crippen molar-refractivity contribution in [3.8, 4) is 0 Å². The molecule has 0 aromatic carbocycles. The molecule has 2 nitrogen and oxygen atoms in total. The zero-order chi connectivity index (χ0) is 5.11. The predicted octanol–water partition coefficient (Wildman–Crippen LogP) is 3.56. The van der Waals surface area contributed by atoms with Crippen LogP contribution in [-0.2, 0) is 39.0 Å². The van der Waals surface area contributed by atoms with Gasteiger partial charge in [-0.05, 0) is 12.6 Å². The van der Waals surface area contributed by atoms with E-state index >= 15 is 0 Å². The summed E-state index contributed by atoms with van der Waals surface area (Å²) >= 11 is 0. The average molecular weight is 396 g/mol. The van der Waals surface area contributed by atoms with Crippen molar-refractivity contribution >= 4 is 0 Å². The summed E-state index contributed by atoms with van der Waals surface area (Å²) in [6.07, 6.45) is 2.84. The molecule has 0 bridgehead atoms. The molecule has 1 unspecified atom stereocenters. The normalized spacial score (nSPS) is 15.4. The van der Waals surface area contributed by atoms with Crippen molar-refractivity contribution < 1.29 is 44.1 Å². The van der Waals surface area contributed by atoms with Gasteiger partial charge in [0.15, 0.2) is 0 Å². The number of rotatable bonds is 0. The molecule has 1 rings (SSSR count). The summed E-state index contributed by atoms with van der Waals surface area (Å²) in [6, 6.07) is 0. The summed E-state index contributed by atoms with van der Waals surface area (Å²) < 4.78 is 0. The van der Waals surface area contributed by atoms with Crippen LogP contribution in [0.4, 0.5) is 0 Å². The van der Waals surface area contributed by atoms with Crippen LogP contribution in [0.25, 0.3) is 5.32 Å². The molecular weight excluding hydrogens is 368 g/mol. The van der Waals surface area contributed by atoms with Crippen LogP contribution >= 0.6 is 0 Å². The number of aliphatic hydroxyl groups is 1. The topological polar surface area (TPSA) is 34.3 Å². The smallest absolute Gasteiger partial charge is 0.637 e. The van der Waals surface area contributed by atoms with Crippen LogP contribution in [-0.4, -0.2) is 17.9 Å². The van der Waals surface area contributed by atoms with Gasteiger partial charge < -0.3 is 55.0 Å². The summed E-state index contributed by atoms with van der Waals surface area (Å²) in [5.74, 6) is 0. The van der Waals surface area contributed by atoms with Gasteiger partial charge in [0, 0.05) is 19.5 Å². The molecule has 0 spiro atoms. The summed E-state index contributed by atoms with van der Waals surface area (Å²) in [4.78, 5) is 0. The Bertz CT molecular complexity index is 60.5. The number of nitrogens with zero attached hydrogens (tertiary/aromatic N) is 1. The van der Waals surface area contributed by atoms with Crippen molar-refractivity contribution in [2.45, 2.75) is 25.5 Å². The number of piperidine rings is 1. The second kappa shape index (κ2) is 36.2. The van der Waals surface area contributed by atoms with E-state index in [0.717, 1.165) is 25.8 Å². The summed E-state index contributed by atoms with van der Waals surface area (Å²) in [5.41, 5.74) is 0. The Morgan fingerprint density at radius 3 is 1.40 bits per heavy atom. The predicted molar refractivity (Wildman–Crippen MR) is 66.6 cm³/mol. The van der Waals surface area contributed by atoms with Gasteiger partial charge in [-0.3, -0.25) is 0 Å². The van der Waals surface area contributed by atoms with Crippen molar-refractivity contribution in [3.63, 3.8) is 0 Å². The maximum atomic E-state index is 8.74. The van der Waals surface area contributed by atoms with Crippen LogP contribution in [0.3, 0.4) is 0 Å². The van der Waals surface area contributed by atoms with Crippen LogP contribution in [0.1, 0.15) is 19.3 Å². The van der Waals surface area contributed by atoms with E-state index in [-0.39, 0.29) is 89.7 Å². The molecule has 1 radical (unpaired) electrons. The standard InChI is InChI=1S/C5H10NO.6CH3.2Rh/c7-5-3-1-2-4-6-5;;;;;;;;/h5,7H,1-4H2;6*1H3;;/q7*-1;;+3. The van der Waals surface area contributed by atoms with E-state index in [9.17, 15) is 0 Å². The first-order valence-corrected chi connectivity index (χ1v) is 2.74. The van der Waals surface area contributed by atoms with Crippen molar-refractivity contribution in [2.24, 2.45) is 0 Å². The van der Waals surface area contributed by atoms with Crippen molar-refractivity contribution in [1.29, 1.82) is 0 Å². The molecule has 0 amide bonds. The molecule has 1 N–H and O–H groups in total. The largest absolute Gasteiger partial charge is 3.00 e. The van der Waals surface area contributed by atoms with Gasteiger partial charge in [0.1, 0.15) is 0 Å². The molecule has 0 aromatic heterocycles. The molecule has 1 heterocycles. The Labute approximate surface area is 126 Å². The first-order chi connectivity index (χ1) is 3.39. The Balaban J connectivity index is -0.0000000102. The quantitative estimate of drug-likeness (QED) is 0.493. The Morgan fingerprint density at radius 2 is 1.27 bits per heavy atom. The molecule has 0 aromatic rings. The maximum Gasteiger partial charge on any atom is 3.00 e. The van der Waals surface area contributed by atoms with Crippen LogP contribution in [0.5, 0.6) is 0 Å². The fourth-order valence-electron chi connectivity index (χ4n) is 0.770. The molecule has 105 valence electrons. The molecule has 1 aliphatic rings. The van der Waals surface area contributed by atoms with Crippen LogP contribution in [0.2, 0.25) is 0 Å². The van der Waals surface area contributed by atoms with Gasteiger partial charge in [0.2, 0.25) is 0 Å². The Morgan fingerprint density at radius 1 is 0.867 bits per heavy atom. The fourth-order valence-corrected chi connectivity index (χ4v) is 0.770. The average Bonchev–Trinajstić information content (AvgIpc) is 1.69. The minimum Gasteiger partial charge on any atom is -0.637 e. The van der Waals surface area contributed by atoms with Gasteiger partial charge in [-0.2, -0.15) is 0 Å². The molecule has 1 fully saturated rings. The second-order valence-corrected chi connectivity index (χ2v) is 1.88. The van der Waals surface area contributed by atoms with E-state index < -0.39 is 0 Å². The summed E-state index contributed by atoms with van der Waals surface area (Å²) in [6.45, 7) is 0.862. The molecule has 0 saturated carbocycles. The van der Waals surface area contributed by atoms with E-state index in [2.05, 4.69) is 5.32 Å². The van der Waals surface area contributed by atoms with E-state index in [0.29, 0.717) is 0 Å². The van der Waals surface area contributed by atoms with Gasteiger partial charge in [0.25, 0.3) is 0 Å². The van der Waals surface area contributed by atoms with Crippen LogP contribution in [0, 0.1) is 44.6 Å². The summed E-state index contributed by atoms with van der Waals surface area (Å²) in [7, 11) is 0. The minimum atomic E-state index is -0.339. The third-order valence-corrected chi connectivity index (χ3v) is 1.21. The van der Waals surface area contributed by atoms with Gasteiger partial charge >= 0.3 is 19.5 Å². The zero-order valence-corrected chi connectivity index (χ0v) is 14.2. The molecular formula is C11H28NORh2-4. The summed E-state index contributed by atoms with van der Waals surface area (Å²) in [5, 5.41) is 12.6. The molecule has 0 aliphatic carbocycles. The van der Waals surface area contributed by atoms with E-state index in [1.807, 2.05) is 0 Å². The monoisotopic (exact) mass is 396 g/mol. The van der Waals surface area contributed by atoms with Gasteiger partial charge in [-0.1, -0.05) is 12.8 Å². The second-order valence-electron chi connectivity index (χ2n) is 1.88. The van der Waals surface area contributed by atoms with Crippen LogP contribution in [0.15, 0.2) is 0 Å². The van der Waals surface area contributed by atoms with Crippen molar-refractivity contribution in [3.05, 3.63) is 49.9 Å². The van der Waals surface area contributed by atoms with E-state index in [4.69, 9.17) is 5.11 Å². The maximum absolute atomic E-state index is 8.74. The molecule has 1 saturated heterocycles. The third kappa shape index (κ3) is 31.3. The van der Waals surface area contributed by atoms with Gasteiger partial charge in [0.05, 0.1) is 0 Å². The number of hydrogen-bond donors (Lipinski definition) is 1. The molecule has 1 aliphatic heterocycles. The number of aliphatic hydroxyl groups excluding tert-OH is 1. The van der Waals surface area contributed by atoms with E-state index in [1.165, 1.54) is 0 Å². The van der Waals surface area contributed by atoms with Gasteiger partial charge in [-0.25, -0.2) is 0 Å². The third-order valence-electron chi connectivity index (χ3n) is 1.21. The first-order valence-electron chi connectivity index (χ1n) is 2.74. The van der Waals surface area contributed by atoms with Crippen molar-refractivity contribution in [2.75, 3.05) is 6.54 Å². The zero-order valence-electron chi connectivity index (χ0n) is 11.0. The molecule has 4 heteroatoms. The van der Waals surface area contributed by atoms with Crippen LogP contribution < -0.4 is 0 Å².